The quantitative estimate of drug-likeness (QED) is 0.0222. The summed E-state index contributed by atoms with van der Waals surface area (Å²) in [4.78, 5) is 72.5. The molecule has 0 saturated carbocycles. The number of phosphoric acid groups is 2. The van der Waals surface area contributed by atoms with Crippen molar-refractivity contribution < 1.29 is 80.2 Å². The largest absolute Gasteiger partial charge is 0.472 e. The van der Waals surface area contributed by atoms with Gasteiger partial charge in [0, 0.05) is 25.7 Å². The molecule has 0 spiro atoms. The van der Waals surface area contributed by atoms with E-state index in [1.165, 1.54) is 199 Å². The minimum Gasteiger partial charge on any atom is -0.462 e. The highest BCUT2D eigenvalue weighted by Crippen LogP contribution is 2.45. The van der Waals surface area contributed by atoms with E-state index in [9.17, 15) is 43.2 Å². The topological polar surface area (TPSA) is 237 Å². The molecule has 3 N–H and O–H groups in total. The standard InChI is InChI=1S/C74H144O17P2/c1-6-9-12-15-18-20-22-24-26-27-28-29-30-31-32-34-36-38-40-43-49-54-59-73(78)90-69(64-85-72(77)58-53-48-42-39-37-35-33-25-23-21-19-16-13-10-7-2)65-88-92(80,81)86-61-68(75)62-87-93(82,83)89-66-70(63-84-71(76)57-52-47-41-17-14-11-8-3)91-74(79)60-55-50-45-44-46-51-56-67(4)5/h67-70,75H,6-66H2,1-5H3,(H,80,81)(H,82,83)/t68-,69-,70-/m1/s1. The van der Waals surface area contributed by atoms with Crippen LogP contribution in [0.5, 0.6) is 0 Å². The van der Waals surface area contributed by atoms with Crippen molar-refractivity contribution in [3.63, 3.8) is 0 Å². The molecule has 5 atom stereocenters. The molecule has 0 amide bonds. The molecule has 0 aliphatic rings. The van der Waals surface area contributed by atoms with Crippen molar-refractivity contribution in [1.29, 1.82) is 0 Å². The number of aliphatic hydroxyl groups is 1. The fourth-order valence-corrected chi connectivity index (χ4v) is 12.9. The lowest BCUT2D eigenvalue weighted by atomic mass is 10.0. The highest BCUT2D eigenvalue weighted by atomic mass is 31.2. The summed E-state index contributed by atoms with van der Waals surface area (Å²) in [6.45, 7) is 7.13. The van der Waals surface area contributed by atoms with Gasteiger partial charge in [-0.05, 0) is 31.6 Å². The number of carbonyl (C=O) groups is 4. The van der Waals surface area contributed by atoms with Crippen LogP contribution >= 0.6 is 15.6 Å². The molecule has 0 saturated heterocycles. The summed E-state index contributed by atoms with van der Waals surface area (Å²) in [5, 5.41) is 10.6. The Balaban J connectivity index is 5.12. The van der Waals surface area contributed by atoms with E-state index in [4.69, 9.17) is 37.0 Å². The van der Waals surface area contributed by atoms with E-state index in [2.05, 4.69) is 34.6 Å². The maximum atomic E-state index is 13.1. The summed E-state index contributed by atoms with van der Waals surface area (Å²) >= 11 is 0. The first kappa shape index (κ1) is 91.1. The van der Waals surface area contributed by atoms with E-state index in [0.29, 0.717) is 31.6 Å². The maximum absolute atomic E-state index is 13.1. The summed E-state index contributed by atoms with van der Waals surface area (Å²) in [6.07, 6.45) is 56.1. The van der Waals surface area contributed by atoms with Crippen molar-refractivity contribution in [1.82, 2.24) is 0 Å². The van der Waals surface area contributed by atoms with Crippen LogP contribution in [0.25, 0.3) is 0 Å². The van der Waals surface area contributed by atoms with E-state index in [0.717, 1.165) is 103 Å². The molecule has 0 radical (unpaired) electrons. The molecule has 2 unspecified atom stereocenters. The summed E-state index contributed by atoms with van der Waals surface area (Å²) in [7, 11) is -9.90. The highest BCUT2D eigenvalue weighted by Gasteiger charge is 2.30. The Kier molecular flexibility index (Phi) is 65.9. The number of hydrogen-bond acceptors (Lipinski definition) is 15. The van der Waals surface area contributed by atoms with Crippen LogP contribution < -0.4 is 0 Å². The fraction of sp³-hybridized carbons (Fsp3) is 0.946. The first-order chi connectivity index (χ1) is 45.0. The third kappa shape index (κ3) is 68.4. The van der Waals surface area contributed by atoms with Gasteiger partial charge in [-0.3, -0.25) is 37.3 Å². The van der Waals surface area contributed by atoms with E-state index in [1.54, 1.807) is 0 Å². The zero-order valence-electron chi connectivity index (χ0n) is 60.4. The molecule has 0 aromatic heterocycles. The SMILES string of the molecule is CCCCCCCCCCCCCCCCCCCCCCCCC(=O)O[C@H](COC(=O)CCCCCCCCCCCCCCCCC)COP(=O)(O)OC[C@@H](O)COP(=O)(O)OC[C@@H](COC(=O)CCCCCCCCC)OC(=O)CCCCCCCCC(C)C. The number of unbranched alkanes of at least 4 members (excludes halogenated alkanes) is 46. The number of rotatable bonds is 74. The Morgan fingerprint density at radius 2 is 0.495 bits per heavy atom. The number of carbonyl (C=O) groups excluding carboxylic acids is 4. The third-order valence-electron chi connectivity index (χ3n) is 17.3. The summed E-state index contributed by atoms with van der Waals surface area (Å²) in [5.74, 6) is -1.46. The smallest absolute Gasteiger partial charge is 0.462 e. The summed E-state index contributed by atoms with van der Waals surface area (Å²) in [5.41, 5.74) is 0. The Labute approximate surface area is 568 Å². The van der Waals surface area contributed by atoms with Crippen LogP contribution in [0.15, 0.2) is 0 Å². The molecule has 552 valence electrons. The highest BCUT2D eigenvalue weighted by molar-refractivity contribution is 7.47. The predicted molar refractivity (Wildman–Crippen MR) is 377 cm³/mol. The summed E-state index contributed by atoms with van der Waals surface area (Å²) < 4.78 is 68.2. The number of aliphatic hydroxyl groups excluding tert-OH is 1. The molecule has 0 bridgehead atoms. The molecular formula is C74H144O17P2. The van der Waals surface area contributed by atoms with Gasteiger partial charge in [-0.1, -0.05) is 336 Å². The Hall–Kier alpha value is -1.94. The van der Waals surface area contributed by atoms with Crippen molar-refractivity contribution in [3.8, 4) is 0 Å². The Bertz CT molecular complexity index is 1790. The number of ether oxygens (including phenoxy) is 4. The minimum absolute atomic E-state index is 0.102. The molecule has 0 heterocycles. The van der Waals surface area contributed by atoms with Crippen molar-refractivity contribution in [2.45, 2.75) is 406 Å². The zero-order valence-corrected chi connectivity index (χ0v) is 62.2. The van der Waals surface area contributed by atoms with Crippen LogP contribution in [0.4, 0.5) is 0 Å². The Morgan fingerprint density at radius 1 is 0.290 bits per heavy atom. The van der Waals surface area contributed by atoms with Crippen LogP contribution in [0.2, 0.25) is 0 Å². The minimum atomic E-state index is -4.95. The third-order valence-corrected chi connectivity index (χ3v) is 19.2. The molecule has 93 heavy (non-hydrogen) atoms. The predicted octanol–water partition coefficient (Wildman–Crippen LogP) is 21.7. The number of esters is 4. The zero-order chi connectivity index (χ0) is 68.4. The maximum Gasteiger partial charge on any atom is 0.472 e. The van der Waals surface area contributed by atoms with Gasteiger partial charge >= 0.3 is 39.5 Å². The van der Waals surface area contributed by atoms with Crippen LogP contribution in [-0.2, 0) is 65.4 Å². The average Bonchev–Trinajstić information content (AvgIpc) is 3.04. The number of hydrogen-bond donors (Lipinski definition) is 3. The number of phosphoric ester groups is 2. The van der Waals surface area contributed by atoms with Crippen LogP contribution in [-0.4, -0.2) is 96.7 Å². The van der Waals surface area contributed by atoms with Gasteiger partial charge in [0.15, 0.2) is 12.2 Å². The van der Waals surface area contributed by atoms with Crippen molar-refractivity contribution in [2.24, 2.45) is 5.92 Å². The molecular weight excluding hydrogens is 1220 g/mol. The fourth-order valence-electron chi connectivity index (χ4n) is 11.4. The van der Waals surface area contributed by atoms with Gasteiger partial charge in [-0.15, -0.1) is 0 Å². The summed E-state index contributed by atoms with van der Waals surface area (Å²) in [6, 6.07) is 0. The molecule has 0 aromatic carbocycles. The van der Waals surface area contributed by atoms with E-state index in [1.807, 2.05) is 0 Å². The van der Waals surface area contributed by atoms with Gasteiger partial charge in [0.25, 0.3) is 0 Å². The lowest BCUT2D eigenvalue weighted by Crippen LogP contribution is -2.30. The molecule has 0 aliphatic heterocycles. The first-order valence-corrected chi connectivity index (χ1v) is 41.6. The van der Waals surface area contributed by atoms with Gasteiger partial charge < -0.3 is 33.8 Å². The normalized spacial score (nSPS) is 14.0. The van der Waals surface area contributed by atoms with Crippen molar-refractivity contribution >= 4 is 39.5 Å². The van der Waals surface area contributed by atoms with E-state index in [-0.39, 0.29) is 25.7 Å². The van der Waals surface area contributed by atoms with Crippen molar-refractivity contribution in [3.05, 3.63) is 0 Å². The second kappa shape index (κ2) is 67.3. The van der Waals surface area contributed by atoms with E-state index >= 15 is 0 Å². The Morgan fingerprint density at radius 3 is 0.731 bits per heavy atom. The second-order valence-corrected chi connectivity index (χ2v) is 30.1. The second-order valence-electron chi connectivity index (χ2n) is 27.2. The first-order valence-electron chi connectivity index (χ1n) is 38.6. The molecule has 0 fully saturated rings. The molecule has 0 aliphatic carbocycles. The van der Waals surface area contributed by atoms with E-state index < -0.39 is 97.5 Å². The van der Waals surface area contributed by atoms with Gasteiger partial charge in [0.1, 0.15) is 19.3 Å². The lowest BCUT2D eigenvalue weighted by molar-refractivity contribution is -0.161. The van der Waals surface area contributed by atoms with Gasteiger partial charge in [-0.25, -0.2) is 9.13 Å². The molecule has 19 heteroatoms. The molecule has 17 nitrogen and oxygen atoms in total. The van der Waals surface area contributed by atoms with Crippen molar-refractivity contribution in [2.75, 3.05) is 39.6 Å². The van der Waals surface area contributed by atoms with Crippen LogP contribution in [0.1, 0.15) is 388 Å². The average molecular weight is 1370 g/mol. The monoisotopic (exact) mass is 1370 g/mol. The lowest BCUT2D eigenvalue weighted by Gasteiger charge is -2.21. The van der Waals surface area contributed by atoms with Crippen LogP contribution in [0.3, 0.4) is 0 Å². The molecule has 0 aromatic rings. The van der Waals surface area contributed by atoms with Crippen LogP contribution in [0, 0.1) is 5.92 Å². The molecule has 0 rings (SSSR count). The van der Waals surface area contributed by atoms with Gasteiger partial charge in [-0.2, -0.15) is 0 Å². The van der Waals surface area contributed by atoms with Gasteiger partial charge in [0.05, 0.1) is 26.4 Å². The van der Waals surface area contributed by atoms with Gasteiger partial charge in [0.2, 0.25) is 0 Å².